The van der Waals surface area contributed by atoms with Gasteiger partial charge in [0, 0.05) is 25.6 Å². The minimum Gasteiger partial charge on any atom is -0.380 e. The zero-order valence-electron chi connectivity index (χ0n) is 12.6. The van der Waals surface area contributed by atoms with Gasteiger partial charge in [-0.25, -0.2) is 4.79 Å². The van der Waals surface area contributed by atoms with E-state index in [-0.39, 0.29) is 6.03 Å². The second kappa shape index (κ2) is 8.31. The summed E-state index contributed by atoms with van der Waals surface area (Å²) in [7, 11) is 3.47. The molecule has 6 heteroatoms. The van der Waals surface area contributed by atoms with Gasteiger partial charge in [-0.3, -0.25) is 0 Å². The molecule has 0 unspecified atom stereocenters. The molecule has 2 aromatic rings. The molecule has 0 aliphatic heterocycles. The molecule has 1 heterocycles. The summed E-state index contributed by atoms with van der Waals surface area (Å²) in [4.78, 5) is 14.9. The highest BCUT2D eigenvalue weighted by atomic mass is 79.9. The predicted octanol–water partition coefficient (Wildman–Crippen LogP) is 4.00. The van der Waals surface area contributed by atoms with Gasteiger partial charge >= 0.3 is 6.03 Å². The van der Waals surface area contributed by atoms with Crippen LogP contribution in [0.2, 0.25) is 0 Å². The number of carbonyl (C=O) groups is 1. The lowest BCUT2D eigenvalue weighted by Gasteiger charge is -2.17. The molecular weight excluding hydrogens is 364 g/mol. The summed E-state index contributed by atoms with van der Waals surface area (Å²) in [5.74, 6) is 0. The topological polar surface area (TPSA) is 41.6 Å². The summed E-state index contributed by atoms with van der Waals surface area (Å²) < 4.78 is 6.15. The fourth-order valence-electron chi connectivity index (χ4n) is 1.97. The van der Waals surface area contributed by atoms with Crippen LogP contribution in [0.15, 0.2) is 40.2 Å². The third kappa shape index (κ3) is 5.12. The molecule has 0 radical (unpaired) electrons. The van der Waals surface area contributed by atoms with E-state index in [9.17, 15) is 4.79 Å². The summed E-state index contributed by atoms with van der Waals surface area (Å²) in [5.41, 5.74) is 2.19. The molecular formula is C16H19BrN2O2S. The molecule has 0 saturated heterocycles. The van der Waals surface area contributed by atoms with Crippen LogP contribution in [0, 0.1) is 0 Å². The highest BCUT2D eigenvalue weighted by Crippen LogP contribution is 2.22. The van der Waals surface area contributed by atoms with Crippen LogP contribution >= 0.6 is 27.3 Å². The smallest absolute Gasteiger partial charge is 0.317 e. The highest BCUT2D eigenvalue weighted by molar-refractivity contribution is 9.11. The summed E-state index contributed by atoms with van der Waals surface area (Å²) in [6.45, 7) is 1.73. The van der Waals surface area contributed by atoms with Crippen molar-refractivity contribution in [3.8, 4) is 0 Å². The number of urea groups is 1. The minimum absolute atomic E-state index is 0.0782. The van der Waals surface area contributed by atoms with Crippen molar-refractivity contribution in [2.45, 2.75) is 19.7 Å². The van der Waals surface area contributed by atoms with Crippen molar-refractivity contribution in [3.05, 3.63) is 56.2 Å². The van der Waals surface area contributed by atoms with E-state index in [2.05, 4.69) is 21.2 Å². The van der Waals surface area contributed by atoms with E-state index in [4.69, 9.17) is 4.74 Å². The summed E-state index contributed by atoms with van der Waals surface area (Å²) in [5, 5.41) is 2.93. The van der Waals surface area contributed by atoms with Gasteiger partial charge in [0.2, 0.25) is 0 Å². The fraction of sp³-hybridized carbons (Fsp3) is 0.312. The Morgan fingerprint density at radius 2 is 1.91 bits per heavy atom. The summed E-state index contributed by atoms with van der Waals surface area (Å²) in [6.07, 6.45) is 0. The van der Waals surface area contributed by atoms with Gasteiger partial charge < -0.3 is 15.0 Å². The Morgan fingerprint density at radius 1 is 1.23 bits per heavy atom. The summed E-state index contributed by atoms with van der Waals surface area (Å²) >= 11 is 5.07. The maximum Gasteiger partial charge on any atom is 0.317 e. The zero-order chi connectivity index (χ0) is 15.9. The van der Waals surface area contributed by atoms with Crippen LogP contribution in [-0.4, -0.2) is 25.1 Å². The Hall–Kier alpha value is -1.37. The van der Waals surface area contributed by atoms with Crippen molar-refractivity contribution in [1.29, 1.82) is 0 Å². The first-order valence-corrected chi connectivity index (χ1v) is 8.49. The monoisotopic (exact) mass is 382 g/mol. The molecule has 0 aliphatic rings. The van der Waals surface area contributed by atoms with Crippen LogP contribution in [0.4, 0.5) is 4.79 Å². The zero-order valence-corrected chi connectivity index (χ0v) is 15.0. The molecule has 4 nitrogen and oxygen atoms in total. The Morgan fingerprint density at radius 3 is 2.50 bits per heavy atom. The normalized spacial score (nSPS) is 10.5. The number of benzene rings is 1. The van der Waals surface area contributed by atoms with Crippen molar-refractivity contribution < 1.29 is 9.53 Å². The molecule has 0 atom stereocenters. The van der Waals surface area contributed by atoms with Gasteiger partial charge in [0.25, 0.3) is 0 Å². The SMILES string of the molecule is COCc1ccc(CNC(=O)N(C)Cc2ccc(Br)s2)cc1. The van der Waals surface area contributed by atoms with Crippen LogP contribution in [0.3, 0.4) is 0 Å². The van der Waals surface area contributed by atoms with Gasteiger partial charge in [0.15, 0.2) is 0 Å². The predicted molar refractivity (Wildman–Crippen MR) is 92.9 cm³/mol. The number of methoxy groups -OCH3 is 1. The Balaban J connectivity index is 1.81. The molecule has 1 N–H and O–H groups in total. The van der Waals surface area contributed by atoms with Crippen LogP contribution in [0.25, 0.3) is 0 Å². The lowest BCUT2D eigenvalue weighted by Crippen LogP contribution is -2.36. The molecule has 0 saturated carbocycles. The molecule has 0 aliphatic carbocycles. The third-order valence-electron chi connectivity index (χ3n) is 3.15. The van der Waals surface area contributed by atoms with Crippen molar-refractivity contribution >= 4 is 33.3 Å². The van der Waals surface area contributed by atoms with Gasteiger partial charge in [0.1, 0.15) is 0 Å². The first kappa shape index (κ1) is 17.0. The number of amides is 2. The maximum atomic E-state index is 12.1. The number of nitrogens with zero attached hydrogens (tertiary/aromatic N) is 1. The van der Waals surface area contributed by atoms with Gasteiger partial charge in [-0.1, -0.05) is 24.3 Å². The lowest BCUT2D eigenvalue weighted by atomic mass is 10.1. The largest absolute Gasteiger partial charge is 0.380 e. The molecule has 1 aromatic heterocycles. The van der Waals surface area contributed by atoms with Crippen LogP contribution in [-0.2, 0) is 24.4 Å². The highest BCUT2D eigenvalue weighted by Gasteiger charge is 2.10. The number of hydrogen-bond acceptors (Lipinski definition) is 3. The van der Waals surface area contributed by atoms with Gasteiger partial charge in [-0.2, -0.15) is 0 Å². The molecule has 22 heavy (non-hydrogen) atoms. The Kier molecular flexibility index (Phi) is 6.42. The second-order valence-corrected chi connectivity index (χ2v) is 7.52. The van der Waals surface area contributed by atoms with E-state index in [1.807, 2.05) is 36.4 Å². The van der Waals surface area contributed by atoms with Crippen LogP contribution in [0.5, 0.6) is 0 Å². The van der Waals surface area contributed by atoms with E-state index in [1.54, 1.807) is 30.4 Å². The molecule has 0 bridgehead atoms. The Bertz CT molecular complexity index is 613. The quantitative estimate of drug-likeness (QED) is 0.819. The number of hydrogen-bond donors (Lipinski definition) is 1. The number of thiophene rings is 1. The third-order valence-corrected chi connectivity index (χ3v) is 4.75. The molecule has 2 rings (SSSR count). The Labute approximate surface area is 143 Å². The van der Waals surface area contributed by atoms with E-state index >= 15 is 0 Å². The number of nitrogens with one attached hydrogen (secondary N) is 1. The molecule has 1 aromatic carbocycles. The average Bonchev–Trinajstić information content (AvgIpc) is 2.91. The second-order valence-electron chi connectivity index (χ2n) is 4.97. The number of ether oxygens (including phenoxy) is 1. The molecule has 0 fully saturated rings. The average molecular weight is 383 g/mol. The van der Waals surface area contributed by atoms with Crippen LogP contribution < -0.4 is 5.32 Å². The first-order chi connectivity index (χ1) is 10.6. The molecule has 0 spiro atoms. The van der Waals surface area contributed by atoms with E-state index in [1.165, 1.54) is 0 Å². The molecule has 2 amide bonds. The first-order valence-electron chi connectivity index (χ1n) is 6.88. The molecule has 118 valence electrons. The van der Waals surface area contributed by atoms with Gasteiger partial charge in [0.05, 0.1) is 16.9 Å². The van der Waals surface area contributed by atoms with Crippen molar-refractivity contribution in [2.24, 2.45) is 0 Å². The van der Waals surface area contributed by atoms with Crippen LogP contribution in [0.1, 0.15) is 16.0 Å². The minimum atomic E-state index is -0.0782. The lowest BCUT2D eigenvalue weighted by molar-refractivity contribution is 0.185. The fourth-order valence-corrected chi connectivity index (χ4v) is 3.51. The van der Waals surface area contributed by atoms with Crippen molar-refractivity contribution in [2.75, 3.05) is 14.2 Å². The maximum absolute atomic E-state index is 12.1. The van der Waals surface area contributed by atoms with Crippen molar-refractivity contribution in [3.63, 3.8) is 0 Å². The van der Waals surface area contributed by atoms with Gasteiger partial charge in [-0.15, -0.1) is 11.3 Å². The standard InChI is InChI=1S/C16H19BrN2O2S/c1-19(10-14-7-8-15(17)22-14)16(20)18-9-12-3-5-13(6-4-12)11-21-2/h3-8H,9-11H2,1-2H3,(H,18,20). The van der Waals surface area contributed by atoms with Crippen molar-refractivity contribution in [1.82, 2.24) is 10.2 Å². The van der Waals surface area contributed by atoms with E-state index in [0.29, 0.717) is 19.7 Å². The van der Waals surface area contributed by atoms with E-state index in [0.717, 1.165) is 19.8 Å². The number of halogens is 1. The number of rotatable bonds is 6. The number of carbonyl (C=O) groups excluding carboxylic acids is 1. The van der Waals surface area contributed by atoms with E-state index < -0.39 is 0 Å². The summed E-state index contributed by atoms with van der Waals surface area (Å²) in [6, 6.07) is 12.0. The van der Waals surface area contributed by atoms with Gasteiger partial charge in [-0.05, 0) is 39.2 Å².